The smallest absolute Gasteiger partial charge is 0.341 e. The summed E-state index contributed by atoms with van der Waals surface area (Å²) in [6.07, 6.45) is 0. The number of nitrogens with zero attached hydrogens (tertiary/aromatic N) is 1. The molecule has 1 heterocycles. The van der Waals surface area contributed by atoms with E-state index in [0.717, 1.165) is 24.2 Å². The van der Waals surface area contributed by atoms with E-state index in [1.54, 1.807) is 19.1 Å². The molecule has 0 unspecified atom stereocenters. The first-order chi connectivity index (χ1) is 12.5. The number of halogens is 1. The lowest BCUT2D eigenvalue weighted by Crippen LogP contribution is -2.33. The van der Waals surface area contributed by atoms with Crippen LogP contribution in [0, 0.1) is 0 Å². The van der Waals surface area contributed by atoms with Gasteiger partial charge in [0.1, 0.15) is 10.6 Å². The minimum absolute atomic E-state index is 0.149. The number of anilines is 1. The van der Waals surface area contributed by atoms with Crippen molar-refractivity contribution < 1.29 is 14.3 Å². The Morgan fingerprint density at radius 3 is 2.38 bits per heavy atom. The van der Waals surface area contributed by atoms with Crippen LogP contribution >= 0.6 is 22.9 Å². The van der Waals surface area contributed by atoms with Crippen molar-refractivity contribution in [1.82, 2.24) is 4.90 Å². The SMILES string of the molecule is CCOC(=O)c1c(-c2ccc(Cl)cc2)csc1NC(=O)CN(CC)CC. The monoisotopic (exact) mass is 394 g/mol. The maximum atomic E-state index is 12.5. The van der Waals surface area contributed by atoms with Gasteiger partial charge in [-0.15, -0.1) is 11.3 Å². The summed E-state index contributed by atoms with van der Waals surface area (Å²) in [5.41, 5.74) is 1.95. The van der Waals surface area contributed by atoms with Crippen molar-refractivity contribution in [2.24, 2.45) is 0 Å². The summed E-state index contributed by atoms with van der Waals surface area (Å²) in [5, 5.41) is 5.84. The highest BCUT2D eigenvalue weighted by atomic mass is 35.5. The van der Waals surface area contributed by atoms with Gasteiger partial charge in [0.2, 0.25) is 5.91 Å². The number of thiophene rings is 1. The topological polar surface area (TPSA) is 58.6 Å². The fourth-order valence-electron chi connectivity index (χ4n) is 2.51. The van der Waals surface area contributed by atoms with E-state index < -0.39 is 5.97 Å². The molecule has 140 valence electrons. The van der Waals surface area contributed by atoms with Gasteiger partial charge in [-0.25, -0.2) is 4.79 Å². The van der Waals surface area contributed by atoms with Crippen molar-refractivity contribution in [3.8, 4) is 11.1 Å². The maximum Gasteiger partial charge on any atom is 0.341 e. The quantitative estimate of drug-likeness (QED) is 0.668. The summed E-state index contributed by atoms with van der Waals surface area (Å²) >= 11 is 7.27. The van der Waals surface area contributed by atoms with Crippen molar-refractivity contribution >= 4 is 39.8 Å². The fourth-order valence-corrected chi connectivity index (χ4v) is 3.61. The average Bonchev–Trinajstić information content (AvgIpc) is 3.04. The summed E-state index contributed by atoms with van der Waals surface area (Å²) in [4.78, 5) is 26.9. The largest absolute Gasteiger partial charge is 0.462 e. The highest BCUT2D eigenvalue weighted by Crippen LogP contribution is 2.36. The first-order valence-corrected chi connectivity index (χ1v) is 9.82. The number of ether oxygens (including phenoxy) is 1. The number of carbonyl (C=O) groups is 2. The Hall–Kier alpha value is -1.89. The molecule has 1 amide bonds. The Balaban J connectivity index is 2.32. The number of carbonyl (C=O) groups excluding carboxylic acids is 2. The van der Waals surface area contributed by atoms with Gasteiger partial charge in [-0.1, -0.05) is 37.6 Å². The highest BCUT2D eigenvalue weighted by molar-refractivity contribution is 7.15. The van der Waals surface area contributed by atoms with Gasteiger partial charge in [-0.2, -0.15) is 0 Å². The molecule has 0 atom stereocenters. The third-order valence-electron chi connectivity index (χ3n) is 3.94. The van der Waals surface area contributed by atoms with Crippen molar-refractivity contribution in [3.05, 3.63) is 40.2 Å². The van der Waals surface area contributed by atoms with E-state index in [1.165, 1.54) is 11.3 Å². The zero-order chi connectivity index (χ0) is 19.1. The molecule has 0 aliphatic heterocycles. The van der Waals surface area contributed by atoms with E-state index in [0.29, 0.717) is 15.6 Å². The van der Waals surface area contributed by atoms with Gasteiger partial charge in [-0.3, -0.25) is 9.69 Å². The Morgan fingerprint density at radius 2 is 1.81 bits per heavy atom. The molecule has 2 rings (SSSR count). The number of benzene rings is 1. The first-order valence-electron chi connectivity index (χ1n) is 8.56. The number of likely N-dealkylation sites (N-methyl/N-ethyl adjacent to an activating group) is 1. The molecule has 2 aromatic rings. The summed E-state index contributed by atoms with van der Waals surface area (Å²) in [5.74, 6) is -0.597. The van der Waals surface area contributed by atoms with Crippen LogP contribution in [-0.2, 0) is 9.53 Å². The summed E-state index contributed by atoms with van der Waals surface area (Å²) < 4.78 is 5.20. The van der Waals surface area contributed by atoms with Crippen molar-refractivity contribution in [3.63, 3.8) is 0 Å². The van der Waals surface area contributed by atoms with E-state index in [1.807, 2.05) is 36.3 Å². The molecule has 0 aliphatic rings. The van der Waals surface area contributed by atoms with Crippen LogP contribution in [0.25, 0.3) is 11.1 Å². The molecule has 0 saturated carbocycles. The van der Waals surface area contributed by atoms with Crippen LogP contribution in [0.2, 0.25) is 5.02 Å². The summed E-state index contributed by atoms with van der Waals surface area (Å²) in [6, 6.07) is 7.22. The minimum Gasteiger partial charge on any atom is -0.462 e. The van der Waals surface area contributed by atoms with E-state index in [9.17, 15) is 9.59 Å². The third-order valence-corrected chi connectivity index (χ3v) is 5.09. The Bertz CT molecular complexity index is 755. The second-order valence-electron chi connectivity index (χ2n) is 5.59. The normalized spacial score (nSPS) is 10.8. The molecule has 0 aliphatic carbocycles. The van der Waals surface area contributed by atoms with E-state index in [4.69, 9.17) is 16.3 Å². The summed E-state index contributed by atoms with van der Waals surface area (Å²) in [6.45, 7) is 7.88. The Morgan fingerprint density at radius 1 is 1.15 bits per heavy atom. The van der Waals surface area contributed by atoms with E-state index >= 15 is 0 Å². The molecular formula is C19H23ClN2O3S. The molecule has 1 aromatic heterocycles. The van der Waals surface area contributed by atoms with Crippen LogP contribution in [0.4, 0.5) is 5.00 Å². The van der Waals surface area contributed by atoms with Crippen LogP contribution < -0.4 is 5.32 Å². The average molecular weight is 395 g/mol. The highest BCUT2D eigenvalue weighted by Gasteiger charge is 2.23. The maximum absolute atomic E-state index is 12.5. The molecule has 0 saturated heterocycles. The first kappa shape index (κ1) is 20.4. The van der Waals surface area contributed by atoms with Gasteiger partial charge in [-0.05, 0) is 37.7 Å². The van der Waals surface area contributed by atoms with Gasteiger partial charge < -0.3 is 10.1 Å². The molecule has 1 N–H and O–H groups in total. The molecule has 26 heavy (non-hydrogen) atoms. The predicted molar refractivity (Wildman–Crippen MR) is 107 cm³/mol. The minimum atomic E-state index is -0.447. The molecule has 0 fully saturated rings. The molecule has 0 radical (unpaired) electrons. The zero-order valence-electron chi connectivity index (χ0n) is 15.2. The number of nitrogens with one attached hydrogen (secondary N) is 1. The lowest BCUT2D eigenvalue weighted by Gasteiger charge is -2.17. The van der Waals surface area contributed by atoms with Gasteiger partial charge in [0.25, 0.3) is 0 Å². The van der Waals surface area contributed by atoms with Gasteiger partial charge in [0.05, 0.1) is 13.2 Å². The Labute approximate surface area is 162 Å². The van der Waals surface area contributed by atoms with Crippen molar-refractivity contribution in [1.29, 1.82) is 0 Å². The zero-order valence-corrected chi connectivity index (χ0v) is 16.7. The molecule has 0 bridgehead atoms. The van der Waals surface area contributed by atoms with Crippen LogP contribution in [-0.4, -0.2) is 43.0 Å². The summed E-state index contributed by atoms with van der Waals surface area (Å²) in [7, 11) is 0. The molecular weight excluding hydrogens is 372 g/mol. The van der Waals surface area contributed by atoms with Gasteiger partial charge in [0, 0.05) is 16.0 Å². The number of esters is 1. The number of hydrogen-bond acceptors (Lipinski definition) is 5. The standard InChI is InChI=1S/C19H23ClN2O3S/c1-4-22(5-2)11-16(23)21-18-17(19(24)25-6-3)15(12-26-18)13-7-9-14(20)10-8-13/h7-10,12H,4-6,11H2,1-3H3,(H,21,23). The van der Waals surface area contributed by atoms with Gasteiger partial charge >= 0.3 is 5.97 Å². The number of rotatable bonds is 8. The lowest BCUT2D eigenvalue weighted by molar-refractivity contribution is -0.117. The fraction of sp³-hybridized carbons (Fsp3) is 0.368. The molecule has 0 spiro atoms. The predicted octanol–water partition coefficient (Wildman–Crippen LogP) is 4.53. The van der Waals surface area contributed by atoms with Crippen molar-refractivity contribution in [2.45, 2.75) is 20.8 Å². The van der Waals surface area contributed by atoms with Crippen LogP contribution in [0.3, 0.4) is 0 Å². The molecule has 1 aromatic carbocycles. The second kappa shape index (κ2) is 9.71. The Kier molecular flexibility index (Phi) is 7.63. The second-order valence-corrected chi connectivity index (χ2v) is 6.91. The number of hydrogen-bond donors (Lipinski definition) is 1. The lowest BCUT2D eigenvalue weighted by atomic mass is 10.0. The molecule has 7 heteroatoms. The van der Waals surface area contributed by atoms with E-state index in [2.05, 4.69) is 5.32 Å². The van der Waals surface area contributed by atoms with Crippen molar-refractivity contribution in [2.75, 3.05) is 31.6 Å². The molecule has 5 nitrogen and oxygen atoms in total. The number of amides is 1. The van der Waals surface area contributed by atoms with Crippen LogP contribution in [0.1, 0.15) is 31.1 Å². The van der Waals surface area contributed by atoms with Crippen LogP contribution in [0.5, 0.6) is 0 Å². The third kappa shape index (κ3) is 5.06. The van der Waals surface area contributed by atoms with Crippen LogP contribution in [0.15, 0.2) is 29.6 Å². The van der Waals surface area contributed by atoms with E-state index in [-0.39, 0.29) is 19.1 Å². The van der Waals surface area contributed by atoms with Gasteiger partial charge in [0.15, 0.2) is 0 Å².